The number of carbonyl (C=O) groups excluding carboxylic acids is 1. The fraction of sp³-hybridized carbons (Fsp3) is 0.348. The number of halogens is 2. The minimum Gasteiger partial charge on any atom is -0.335 e. The van der Waals surface area contributed by atoms with Gasteiger partial charge in [-0.1, -0.05) is 19.1 Å². The third-order valence-corrected chi connectivity index (χ3v) is 6.28. The van der Waals surface area contributed by atoms with Gasteiger partial charge in [-0.3, -0.25) is 4.79 Å². The van der Waals surface area contributed by atoms with Gasteiger partial charge in [0.25, 0.3) is 0 Å². The highest BCUT2D eigenvalue weighted by atomic mass is 19.1. The summed E-state index contributed by atoms with van der Waals surface area (Å²) in [5.41, 5.74) is 1.37. The van der Waals surface area contributed by atoms with E-state index in [9.17, 15) is 13.6 Å². The highest BCUT2D eigenvalue weighted by Crippen LogP contribution is 2.40. The first-order valence-electron chi connectivity index (χ1n) is 10.7. The lowest BCUT2D eigenvalue weighted by molar-refractivity contribution is 0.0836. The van der Waals surface area contributed by atoms with E-state index in [4.69, 9.17) is 0 Å². The molecular formula is C23H22F2N6O. The summed E-state index contributed by atoms with van der Waals surface area (Å²) in [7, 11) is 0. The zero-order chi connectivity index (χ0) is 22.2. The van der Waals surface area contributed by atoms with Gasteiger partial charge in [-0.2, -0.15) is 14.5 Å². The van der Waals surface area contributed by atoms with Crippen LogP contribution in [-0.2, 0) is 0 Å². The summed E-state index contributed by atoms with van der Waals surface area (Å²) >= 11 is 0. The van der Waals surface area contributed by atoms with Gasteiger partial charge in [0.1, 0.15) is 0 Å². The van der Waals surface area contributed by atoms with E-state index >= 15 is 0 Å². The van der Waals surface area contributed by atoms with E-state index in [2.05, 4.69) is 37.3 Å². The average Bonchev–Trinajstić information content (AvgIpc) is 3.06. The molecule has 3 aromatic rings. The number of nitrogens with one attached hydrogen (secondary N) is 1. The van der Waals surface area contributed by atoms with Crippen LogP contribution >= 0.6 is 0 Å². The Morgan fingerprint density at radius 2 is 1.81 bits per heavy atom. The molecule has 4 heterocycles. The molecule has 9 heteroatoms. The summed E-state index contributed by atoms with van der Waals surface area (Å²) in [6.45, 7) is 2.27. The highest BCUT2D eigenvalue weighted by molar-refractivity contribution is 5.89. The van der Waals surface area contributed by atoms with Crippen molar-refractivity contribution < 1.29 is 13.6 Å². The van der Waals surface area contributed by atoms with Crippen molar-refractivity contribution in [2.24, 2.45) is 5.92 Å². The number of piperidine rings is 1. The number of carbonyl (C=O) groups is 1. The molecule has 2 aromatic heterocycles. The molecule has 2 bridgehead atoms. The summed E-state index contributed by atoms with van der Waals surface area (Å²) in [6, 6.07) is 7.01. The molecular weight excluding hydrogens is 414 g/mol. The monoisotopic (exact) mass is 436 g/mol. The van der Waals surface area contributed by atoms with Gasteiger partial charge in [0, 0.05) is 17.6 Å². The zero-order valence-corrected chi connectivity index (χ0v) is 17.5. The van der Waals surface area contributed by atoms with Gasteiger partial charge >= 0.3 is 6.04 Å². The molecule has 5 rings (SSSR count). The van der Waals surface area contributed by atoms with Crippen LogP contribution in [0, 0.1) is 11.7 Å². The maximum absolute atomic E-state index is 14.5. The number of nitrogens with zero attached hydrogens (tertiary/aromatic N) is 5. The molecule has 2 aliphatic heterocycles. The van der Waals surface area contributed by atoms with Crippen LogP contribution in [0.4, 0.5) is 26.4 Å². The Morgan fingerprint density at radius 3 is 2.50 bits per heavy atom. The molecule has 1 N–H and O–H groups in total. The smallest absolute Gasteiger partial charge is 0.332 e. The van der Waals surface area contributed by atoms with E-state index < -0.39 is 11.9 Å². The van der Waals surface area contributed by atoms with Crippen LogP contribution in [0.3, 0.4) is 0 Å². The highest BCUT2D eigenvalue weighted by Gasteiger charge is 2.40. The van der Waals surface area contributed by atoms with Crippen LogP contribution in [-0.4, -0.2) is 38.3 Å². The average molecular weight is 436 g/mol. The van der Waals surface area contributed by atoms with E-state index in [1.54, 1.807) is 18.2 Å². The second kappa shape index (κ2) is 8.22. The van der Waals surface area contributed by atoms with Crippen molar-refractivity contribution in [1.82, 2.24) is 20.2 Å². The number of benzene rings is 1. The maximum atomic E-state index is 14.5. The van der Waals surface area contributed by atoms with E-state index in [1.165, 1.54) is 24.5 Å². The van der Waals surface area contributed by atoms with Crippen LogP contribution in [0.2, 0.25) is 0 Å². The lowest BCUT2D eigenvalue weighted by Crippen LogP contribution is -2.43. The predicted octanol–water partition coefficient (Wildman–Crippen LogP) is 4.69. The molecule has 1 aromatic carbocycles. The van der Waals surface area contributed by atoms with Gasteiger partial charge in [0.15, 0.2) is 17.5 Å². The minimum absolute atomic E-state index is 0.0224. The van der Waals surface area contributed by atoms with Crippen LogP contribution in [0.5, 0.6) is 0 Å². The molecule has 0 amide bonds. The first-order valence-corrected chi connectivity index (χ1v) is 10.7. The molecule has 0 spiro atoms. The Balaban J connectivity index is 1.39. The van der Waals surface area contributed by atoms with E-state index in [0.717, 1.165) is 31.2 Å². The molecule has 164 valence electrons. The Bertz CT molecular complexity index is 1140. The fourth-order valence-corrected chi connectivity index (χ4v) is 4.85. The van der Waals surface area contributed by atoms with Crippen LogP contribution in [0.15, 0.2) is 42.7 Å². The van der Waals surface area contributed by atoms with Crippen molar-refractivity contribution in [3.05, 3.63) is 54.1 Å². The molecule has 2 atom stereocenters. The Kier molecular flexibility index (Phi) is 5.24. The minimum atomic E-state index is -1.49. The van der Waals surface area contributed by atoms with Crippen LogP contribution < -0.4 is 10.2 Å². The molecule has 7 nitrogen and oxygen atoms in total. The topological polar surface area (TPSA) is 83.9 Å². The largest absolute Gasteiger partial charge is 0.335 e. The SMILES string of the molecule is CC1CC2CCC(C1)N2c1ncc(F)c(Nc2cc(-c3ccc(C(=O)F)cc3)cnn2)n1. The fourth-order valence-electron chi connectivity index (χ4n) is 4.85. The van der Waals surface area contributed by atoms with E-state index in [-0.39, 0.29) is 11.4 Å². The number of aromatic nitrogens is 4. The summed E-state index contributed by atoms with van der Waals surface area (Å²) in [5, 5.41) is 10.9. The van der Waals surface area contributed by atoms with Crippen LogP contribution in [0.25, 0.3) is 11.1 Å². The van der Waals surface area contributed by atoms with Gasteiger partial charge in [0.05, 0.1) is 18.0 Å². The molecule has 0 aliphatic carbocycles. The van der Waals surface area contributed by atoms with Crippen LogP contribution in [0.1, 0.15) is 43.0 Å². The van der Waals surface area contributed by atoms with Crippen molar-refractivity contribution in [3.63, 3.8) is 0 Å². The van der Waals surface area contributed by atoms with Gasteiger partial charge in [-0.25, -0.2) is 9.37 Å². The number of hydrogen-bond donors (Lipinski definition) is 1. The molecule has 2 aliphatic rings. The molecule has 2 fully saturated rings. The van der Waals surface area contributed by atoms with Gasteiger partial charge < -0.3 is 10.2 Å². The Labute approximate surface area is 183 Å². The number of hydrogen-bond acceptors (Lipinski definition) is 7. The summed E-state index contributed by atoms with van der Waals surface area (Å²) in [5.74, 6) is 0.982. The number of anilines is 3. The first kappa shape index (κ1) is 20.4. The number of fused-ring (bicyclic) bond motifs is 2. The van der Waals surface area contributed by atoms with Crippen molar-refractivity contribution in [2.75, 3.05) is 10.2 Å². The molecule has 2 unspecified atom stereocenters. The first-order chi connectivity index (χ1) is 15.5. The van der Waals surface area contributed by atoms with Gasteiger partial charge in [-0.15, -0.1) is 5.10 Å². The lowest BCUT2D eigenvalue weighted by Gasteiger charge is -2.37. The Hall–Kier alpha value is -3.49. The summed E-state index contributed by atoms with van der Waals surface area (Å²) in [6.07, 6.45) is 7.14. The lowest BCUT2D eigenvalue weighted by atomic mass is 9.93. The summed E-state index contributed by atoms with van der Waals surface area (Å²) in [4.78, 5) is 21.8. The van der Waals surface area contributed by atoms with Crippen molar-refractivity contribution >= 4 is 23.6 Å². The van der Waals surface area contributed by atoms with Gasteiger partial charge in [-0.05, 0) is 55.4 Å². The van der Waals surface area contributed by atoms with Crippen molar-refractivity contribution in [2.45, 2.75) is 44.7 Å². The molecule has 32 heavy (non-hydrogen) atoms. The van der Waals surface area contributed by atoms with E-state index in [1.807, 2.05) is 0 Å². The summed E-state index contributed by atoms with van der Waals surface area (Å²) < 4.78 is 27.3. The van der Waals surface area contributed by atoms with E-state index in [0.29, 0.717) is 35.3 Å². The van der Waals surface area contributed by atoms with Crippen molar-refractivity contribution in [1.29, 1.82) is 0 Å². The zero-order valence-electron chi connectivity index (χ0n) is 17.5. The predicted molar refractivity (Wildman–Crippen MR) is 116 cm³/mol. The van der Waals surface area contributed by atoms with Gasteiger partial charge in [0.2, 0.25) is 5.95 Å². The third kappa shape index (κ3) is 3.90. The Morgan fingerprint density at radius 1 is 1.09 bits per heavy atom. The molecule has 0 radical (unpaired) electrons. The molecule has 2 saturated heterocycles. The van der Waals surface area contributed by atoms with Crippen molar-refractivity contribution in [3.8, 4) is 11.1 Å². The standard InChI is InChI=1S/C23H22F2N6O/c1-13-8-17-6-7-18(9-13)31(17)23-26-12-19(24)22(29-23)28-20-10-16(11-27-30-20)14-2-4-15(5-3-14)21(25)32/h2-5,10-13,17-18H,6-9H2,1H3,(H,26,28,29,30). The maximum Gasteiger partial charge on any atom is 0.332 e. The molecule has 0 saturated carbocycles. The third-order valence-electron chi connectivity index (χ3n) is 6.28. The number of rotatable bonds is 5. The quantitative estimate of drug-likeness (QED) is 0.581. The second-order valence-electron chi connectivity index (χ2n) is 8.54. The second-order valence-corrected chi connectivity index (χ2v) is 8.54. The normalized spacial score (nSPS) is 22.1.